The molecule has 178 valence electrons. The molecule has 3 N–H and O–H groups in total. The third-order valence-electron chi connectivity index (χ3n) is 6.58. The van der Waals surface area contributed by atoms with Crippen LogP contribution in [0.1, 0.15) is 55.3 Å². The molecule has 0 atom stereocenters. The summed E-state index contributed by atoms with van der Waals surface area (Å²) in [5.74, 6) is 1.48. The maximum atomic E-state index is 12.6. The van der Waals surface area contributed by atoms with Gasteiger partial charge in [0.15, 0.2) is 0 Å². The van der Waals surface area contributed by atoms with Crippen molar-refractivity contribution in [1.29, 1.82) is 0 Å². The molecule has 0 spiro atoms. The monoisotopic (exact) mass is 513 g/mol. The van der Waals surface area contributed by atoms with Crippen LogP contribution in [0, 0.1) is 6.92 Å². The molecule has 8 heteroatoms. The molecule has 1 aromatic heterocycles. The van der Waals surface area contributed by atoms with Gasteiger partial charge in [-0.3, -0.25) is 0 Å². The van der Waals surface area contributed by atoms with Crippen LogP contribution < -0.4 is 25.2 Å². The molecule has 1 fully saturated rings. The van der Waals surface area contributed by atoms with Crippen LogP contribution in [0.15, 0.2) is 18.2 Å². The molecule has 1 aromatic carbocycles. The van der Waals surface area contributed by atoms with E-state index < -0.39 is 14.7 Å². The van der Waals surface area contributed by atoms with Crippen LogP contribution in [-0.4, -0.2) is 49.8 Å². The van der Waals surface area contributed by atoms with E-state index in [0.717, 1.165) is 50.0 Å². The van der Waals surface area contributed by atoms with Gasteiger partial charge >= 0.3 is 154 Å². The van der Waals surface area contributed by atoms with E-state index in [4.69, 9.17) is 14.7 Å². The van der Waals surface area contributed by atoms with Crippen molar-refractivity contribution in [1.82, 2.24) is 15.3 Å². The average molecular weight is 514 g/mol. The second-order valence-electron chi connectivity index (χ2n) is 9.39. The molecule has 7 nitrogen and oxygen atoms in total. The van der Waals surface area contributed by atoms with Crippen molar-refractivity contribution < 1.29 is 9.53 Å². The number of rotatable bonds is 6. The second-order valence-corrected chi connectivity index (χ2v) is 14.0. The number of urea groups is 1. The number of fused-ring (bicyclic) bond motifs is 1. The Bertz CT molecular complexity index is 989. The number of benzene rings is 1. The van der Waals surface area contributed by atoms with E-state index in [2.05, 4.69) is 27.4 Å². The SMILES string of the molecule is COc1ccc(C)cc1NC(=O)N[C@H]1CC[C@@H](Nc2nc3c(c([As](C)C)n2)CCCC3)CC1. The van der Waals surface area contributed by atoms with Crippen LogP contribution in [0.3, 0.4) is 0 Å². The molecule has 0 radical (unpaired) electrons. The first kappa shape index (κ1) is 23.9. The second kappa shape index (κ2) is 10.8. The Hall–Kier alpha value is -2.27. The number of hydrogen-bond donors (Lipinski definition) is 3. The summed E-state index contributed by atoms with van der Waals surface area (Å²) in [5.41, 5.74) is 9.21. The fourth-order valence-corrected chi connectivity index (χ4v) is 7.09. The molecule has 0 unspecified atom stereocenters. The summed E-state index contributed by atoms with van der Waals surface area (Å²) in [6.07, 6.45) is 8.59. The number of ether oxygens (including phenoxy) is 1. The molecule has 4 rings (SSSR count). The van der Waals surface area contributed by atoms with Crippen LogP contribution in [0.5, 0.6) is 5.75 Å². The number of aromatic nitrogens is 2. The summed E-state index contributed by atoms with van der Waals surface area (Å²) in [7, 11) is 1.61. The molecule has 0 saturated heterocycles. The Morgan fingerprint density at radius 3 is 2.52 bits per heavy atom. The molecule has 2 aliphatic rings. The molecule has 0 bridgehead atoms. The van der Waals surface area contributed by atoms with Crippen molar-refractivity contribution >= 4 is 36.8 Å². The Morgan fingerprint density at radius 2 is 1.79 bits per heavy atom. The number of hydrogen-bond acceptors (Lipinski definition) is 5. The third kappa shape index (κ3) is 6.00. The Morgan fingerprint density at radius 1 is 1.06 bits per heavy atom. The summed E-state index contributed by atoms with van der Waals surface area (Å²) in [5, 5.41) is 9.69. The number of nitrogens with one attached hydrogen (secondary N) is 3. The van der Waals surface area contributed by atoms with Gasteiger partial charge in [-0.1, -0.05) is 6.07 Å². The summed E-state index contributed by atoms with van der Waals surface area (Å²) in [6, 6.07) is 6.11. The third-order valence-corrected chi connectivity index (χ3v) is 9.14. The molecule has 1 heterocycles. The predicted molar refractivity (Wildman–Crippen MR) is 135 cm³/mol. The van der Waals surface area contributed by atoms with Crippen LogP contribution >= 0.6 is 0 Å². The number of aryl methyl sites for hydroxylation is 2. The topological polar surface area (TPSA) is 88.2 Å². The zero-order valence-corrected chi connectivity index (χ0v) is 22.1. The van der Waals surface area contributed by atoms with Gasteiger partial charge in [-0.25, -0.2) is 0 Å². The Labute approximate surface area is 201 Å². The number of carbonyl (C=O) groups is 1. The Kier molecular flexibility index (Phi) is 7.79. The summed E-state index contributed by atoms with van der Waals surface area (Å²) in [4.78, 5) is 22.4. The molecular formula is C25H36AsN5O2. The van der Waals surface area contributed by atoms with Gasteiger partial charge < -0.3 is 4.74 Å². The summed E-state index contributed by atoms with van der Waals surface area (Å²) < 4.78 is 6.71. The first-order valence-corrected chi connectivity index (χ1v) is 16.7. The number of carbonyl (C=O) groups excluding carboxylic acids is 1. The van der Waals surface area contributed by atoms with Crippen molar-refractivity contribution in [2.45, 2.75) is 81.8 Å². The quantitative estimate of drug-likeness (QED) is 0.505. The van der Waals surface area contributed by atoms with Crippen LogP contribution in [-0.2, 0) is 12.8 Å². The zero-order chi connectivity index (χ0) is 23.4. The summed E-state index contributed by atoms with van der Waals surface area (Å²) in [6.45, 7) is 2.00. The van der Waals surface area contributed by atoms with Gasteiger partial charge in [-0.15, -0.1) is 0 Å². The van der Waals surface area contributed by atoms with Crippen LogP contribution in [0.4, 0.5) is 16.4 Å². The van der Waals surface area contributed by atoms with Crippen molar-refractivity contribution in [2.75, 3.05) is 17.7 Å². The molecule has 2 aromatic rings. The van der Waals surface area contributed by atoms with Gasteiger partial charge in [-0.2, -0.15) is 0 Å². The van der Waals surface area contributed by atoms with Gasteiger partial charge in [0.1, 0.15) is 5.75 Å². The molecule has 0 aliphatic heterocycles. The zero-order valence-electron chi connectivity index (χ0n) is 20.2. The van der Waals surface area contributed by atoms with Crippen LogP contribution in [0.25, 0.3) is 0 Å². The Balaban J connectivity index is 1.31. The standard InChI is InChI=1S/C25H36AsN5O2/c1-16-9-14-22(33-4)21(15-16)30-25(32)28-18-12-10-17(11-13-18)27-24-29-20-8-6-5-7-19(20)23(31-24)26(2)3/h9,14-15,17-18H,5-8,10-13H2,1-4H3,(H,27,29,31)(H2,28,30,32)/t17-,18+. The minimum atomic E-state index is -1.07. The van der Waals surface area contributed by atoms with Crippen LogP contribution in [0.2, 0.25) is 11.4 Å². The van der Waals surface area contributed by atoms with Gasteiger partial charge in [0.25, 0.3) is 0 Å². The fraction of sp³-hybridized carbons (Fsp3) is 0.560. The van der Waals surface area contributed by atoms with E-state index in [1.165, 1.54) is 28.6 Å². The normalized spacial score (nSPS) is 20.2. The van der Waals surface area contributed by atoms with E-state index in [9.17, 15) is 4.79 Å². The first-order valence-electron chi connectivity index (χ1n) is 12.0. The maximum absolute atomic E-state index is 12.6. The van der Waals surface area contributed by atoms with Crippen molar-refractivity contribution in [3.05, 3.63) is 35.0 Å². The van der Waals surface area contributed by atoms with E-state index in [0.29, 0.717) is 17.5 Å². The molecule has 1 saturated carbocycles. The van der Waals surface area contributed by atoms with Gasteiger partial charge in [0, 0.05) is 0 Å². The molecule has 2 amide bonds. The molecule has 33 heavy (non-hydrogen) atoms. The van der Waals surface area contributed by atoms with E-state index >= 15 is 0 Å². The fourth-order valence-electron chi connectivity index (χ4n) is 4.84. The molecular weight excluding hydrogens is 477 g/mol. The first-order chi connectivity index (χ1) is 15.9. The predicted octanol–water partition coefficient (Wildman–Crippen LogP) is 4.18. The number of anilines is 2. The van der Waals surface area contributed by atoms with Gasteiger partial charge in [-0.05, 0) is 24.6 Å². The number of amides is 2. The molecule has 2 aliphatic carbocycles. The van der Waals surface area contributed by atoms with Crippen molar-refractivity contribution in [3.8, 4) is 5.75 Å². The van der Waals surface area contributed by atoms with E-state index in [-0.39, 0.29) is 12.1 Å². The van der Waals surface area contributed by atoms with E-state index in [1.54, 1.807) is 7.11 Å². The number of methoxy groups -OCH3 is 1. The minimum absolute atomic E-state index is 0.169. The van der Waals surface area contributed by atoms with E-state index in [1.807, 2.05) is 25.1 Å². The van der Waals surface area contributed by atoms with Crippen molar-refractivity contribution in [3.63, 3.8) is 0 Å². The average Bonchev–Trinajstić information content (AvgIpc) is 2.80. The van der Waals surface area contributed by atoms with Crippen molar-refractivity contribution in [2.24, 2.45) is 0 Å². The van der Waals surface area contributed by atoms with Gasteiger partial charge in [0.2, 0.25) is 0 Å². The number of nitrogens with zero attached hydrogens (tertiary/aromatic N) is 2. The summed E-state index contributed by atoms with van der Waals surface area (Å²) >= 11 is -1.07. The van der Waals surface area contributed by atoms with Gasteiger partial charge in [0.05, 0.1) is 7.11 Å².